The second-order valence-electron chi connectivity index (χ2n) is 6.07. The Morgan fingerprint density at radius 2 is 2.33 bits per heavy atom. The van der Waals surface area contributed by atoms with Crippen LogP contribution in [0.25, 0.3) is 0 Å². The van der Waals surface area contributed by atoms with Crippen LogP contribution in [-0.2, 0) is 16.1 Å². The van der Waals surface area contributed by atoms with Crippen LogP contribution in [-0.4, -0.2) is 43.9 Å². The summed E-state index contributed by atoms with van der Waals surface area (Å²) in [5.74, 6) is 0. The van der Waals surface area contributed by atoms with Crippen molar-refractivity contribution in [2.45, 2.75) is 44.1 Å². The van der Waals surface area contributed by atoms with E-state index in [9.17, 15) is 0 Å². The van der Waals surface area contributed by atoms with E-state index in [0.29, 0.717) is 25.3 Å². The van der Waals surface area contributed by atoms with Crippen LogP contribution in [0.15, 0.2) is 24.3 Å². The number of morpholine rings is 1. The Labute approximate surface area is 127 Å². The van der Waals surface area contributed by atoms with Gasteiger partial charge in [0.1, 0.15) is 0 Å². The Kier molecular flexibility index (Phi) is 4.91. The molecular formula is C17H26N2O2. The van der Waals surface area contributed by atoms with Crippen LogP contribution in [0.1, 0.15) is 36.4 Å². The largest absolute Gasteiger partial charge is 0.380 e. The smallest absolute Gasteiger partial charge is 0.0731 e. The first-order chi connectivity index (χ1) is 10.3. The van der Waals surface area contributed by atoms with E-state index >= 15 is 0 Å². The molecule has 2 aliphatic rings. The molecule has 3 atom stereocenters. The first kappa shape index (κ1) is 15.0. The van der Waals surface area contributed by atoms with Crippen LogP contribution in [0.2, 0.25) is 0 Å². The predicted molar refractivity (Wildman–Crippen MR) is 83.0 cm³/mol. The van der Waals surface area contributed by atoms with Crippen LogP contribution in [0, 0.1) is 0 Å². The molecule has 0 bridgehead atoms. The lowest BCUT2D eigenvalue weighted by Crippen LogP contribution is -2.51. The van der Waals surface area contributed by atoms with Crippen molar-refractivity contribution in [3.05, 3.63) is 35.4 Å². The van der Waals surface area contributed by atoms with Gasteiger partial charge in [0.05, 0.1) is 19.3 Å². The van der Waals surface area contributed by atoms with Crippen molar-refractivity contribution in [2.24, 2.45) is 5.73 Å². The van der Waals surface area contributed by atoms with Crippen LogP contribution in [0.3, 0.4) is 0 Å². The number of hydrogen-bond acceptors (Lipinski definition) is 4. The molecule has 2 N–H and O–H groups in total. The molecule has 116 valence electrons. The van der Waals surface area contributed by atoms with Gasteiger partial charge >= 0.3 is 0 Å². The summed E-state index contributed by atoms with van der Waals surface area (Å²) in [5, 5.41) is 0. The first-order valence-electron chi connectivity index (χ1n) is 7.98. The maximum absolute atomic E-state index is 6.13. The summed E-state index contributed by atoms with van der Waals surface area (Å²) in [6.07, 6.45) is 4.11. The highest BCUT2D eigenvalue weighted by molar-refractivity contribution is 5.26. The van der Waals surface area contributed by atoms with Crippen LogP contribution >= 0.6 is 0 Å². The van der Waals surface area contributed by atoms with E-state index in [2.05, 4.69) is 29.2 Å². The van der Waals surface area contributed by atoms with Gasteiger partial charge in [0.15, 0.2) is 0 Å². The quantitative estimate of drug-likeness (QED) is 0.902. The van der Waals surface area contributed by atoms with Gasteiger partial charge in [0, 0.05) is 32.3 Å². The average molecular weight is 290 g/mol. The highest BCUT2D eigenvalue weighted by atomic mass is 16.5. The summed E-state index contributed by atoms with van der Waals surface area (Å²) < 4.78 is 11.2. The second-order valence-corrected chi connectivity index (χ2v) is 6.07. The Bertz CT molecular complexity index is 466. The minimum atomic E-state index is 0.288. The minimum absolute atomic E-state index is 0.288. The molecule has 0 amide bonds. The van der Waals surface area contributed by atoms with E-state index in [1.807, 2.05) is 0 Å². The molecule has 0 spiro atoms. The van der Waals surface area contributed by atoms with Gasteiger partial charge in [-0.05, 0) is 30.4 Å². The SMILES string of the molecule is COCc1cccc(C(CN)N2CCOC3CCCC32)c1. The Hall–Kier alpha value is -0.940. The number of hydrogen-bond donors (Lipinski definition) is 1. The second kappa shape index (κ2) is 6.88. The maximum atomic E-state index is 6.13. The Balaban J connectivity index is 1.82. The summed E-state index contributed by atoms with van der Waals surface area (Å²) >= 11 is 0. The molecule has 1 saturated carbocycles. The zero-order valence-corrected chi connectivity index (χ0v) is 12.8. The Morgan fingerprint density at radius 1 is 1.43 bits per heavy atom. The molecule has 4 nitrogen and oxygen atoms in total. The van der Waals surface area contributed by atoms with Crippen molar-refractivity contribution in [2.75, 3.05) is 26.8 Å². The van der Waals surface area contributed by atoms with Gasteiger partial charge in [0.25, 0.3) is 0 Å². The van der Waals surface area contributed by atoms with Crippen molar-refractivity contribution in [3.63, 3.8) is 0 Å². The standard InChI is InChI=1S/C17H26N2O2/c1-20-12-13-4-2-5-14(10-13)16(11-18)19-8-9-21-17-7-3-6-15(17)19/h2,4-5,10,15-17H,3,6-9,11-12,18H2,1H3. The van der Waals surface area contributed by atoms with Crippen molar-refractivity contribution in [1.29, 1.82) is 0 Å². The fourth-order valence-corrected chi connectivity index (χ4v) is 3.86. The highest BCUT2D eigenvalue weighted by Crippen LogP contribution is 2.35. The summed E-state index contributed by atoms with van der Waals surface area (Å²) in [6.45, 7) is 3.12. The molecule has 3 rings (SSSR count). The molecule has 3 unspecified atom stereocenters. The van der Waals surface area contributed by atoms with E-state index < -0.39 is 0 Å². The van der Waals surface area contributed by atoms with E-state index in [4.69, 9.17) is 15.2 Å². The fraction of sp³-hybridized carbons (Fsp3) is 0.647. The molecule has 1 aliphatic heterocycles. The Morgan fingerprint density at radius 3 is 3.14 bits per heavy atom. The number of ether oxygens (including phenoxy) is 2. The predicted octanol–water partition coefficient (Wildman–Crippen LogP) is 2.09. The van der Waals surface area contributed by atoms with Crippen molar-refractivity contribution >= 4 is 0 Å². The van der Waals surface area contributed by atoms with E-state index in [-0.39, 0.29) is 6.04 Å². The maximum Gasteiger partial charge on any atom is 0.0731 e. The van der Waals surface area contributed by atoms with E-state index in [1.54, 1.807) is 7.11 Å². The third kappa shape index (κ3) is 3.14. The van der Waals surface area contributed by atoms with Crippen molar-refractivity contribution in [1.82, 2.24) is 4.90 Å². The molecule has 2 fully saturated rings. The zero-order chi connectivity index (χ0) is 14.7. The molecular weight excluding hydrogens is 264 g/mol. The normalized spacial score (nSPS) is 27.5. The number of nitrogens with zero attached hydrogens (tertiary/aromatic N) is 1. The van der Waals surface area contributed by atoms with Gasteiger partial charge in [-0.15, -0.1) is 0 Å². The third-order valence-corrected chi connectivity index (χ3v) is 4.80. The number of benzene rings is 1. The van der Waals surface area contributed by atoms with Crippen LogP contribution in [0.4, 0.5) is 0 Å². The molecule has 0 radical (unpaired) electrons. The molecule has 1 aliphatic carbocycles. The average Bonchev–Trinajstić information content (AvgIpc) is 2.98. The molecule has 1 aromatic carbocycles. The van der Waals surface area contributed by atoms with Gasteiger partial charge < -0.3 is 15.2 Å². The summed E-state index contributed by atoms with van der Waals surface area (Å²) in [7, 11) is 1.73. The highest BCUT2D eigenvalue weighted by Gasteiger charge is 2.39. The molecule has 0 aromatic heterocycles. The molecule has 21 heavy (non-hydrogen) atoms. The van der Waals surface area contributed by atoms with Gasteiger partial charge in [-0.2, -0.15) is 0 Å². The van der Waals surface area contributed by atoms with Crippen molar-refractivity contribution < 1.29 is 9.47 Å². The summed E-state index contributed by atoms with van der Waals surface area (Å²) in [5.41, 5.74) is 8.65. The molecule has 1 saturated heterocycles. The lowest BCUT2D eigenvalue weighted by atomic mass is 9.99. The topological polar surface area (TPSA) is 47.7 Å². The summed E-state index contributed by atoms with van der Waals surface area (Å²) in [6, 6.07) is 9.47. The lowest BCUT2D eigenvalue weighted by molar-refractivity contribution is -0.0711. The van der Waals surface area contributed by atoms with E-state index in [1.165, 1.54) is 30.4 Å². The molecule has 4 heteroatoms. The van der Waals surface area contributed by atoms with Gasteiger partial charge in [-0.1, -0.05) is 24.3 Å². The molecule has 1 heterocycles. The number of rotatable bonds is 5. The van der Waals surface area contributed by atoms with Crippen molar-refractivity contribution in [3.8, 4) is 0 Å². The first-order valence-corrected chi connectivity index (χ1v) is 7.98. The number of nitrogens with two attached hydrogens (primary N) is 1. The van der Waals surface area contributed by atoms with Gasteiger partial charge in [-0.3, -0.25) is 4.90 Å². The fourth-order valence-electron chi connectivity index (χ4n) is 3.86. The minimum Gasteiger partial charge on any atom is -0.380 e. The van der Waals surface area contributed by atoms with Crippen LogP contribution < -0.4 is 5.73 Å². The third-order valence-electron chi connectivity index (χ3n) is 4.80. The monoisotopic (exact) mass is 290 g/mol. The number of methoxy groups -OCH3 is 1. The van der Waals surface area contributed by atoms with Gasteiger partial charge in [-0.25, -0.2) is 0 Å². The van der Waals surface area contributed by atoms with Crippen LogP contribution in [0.5, 0.6) is 0 Å². The zero-order valence-electron chi connectivity index (χ0n) is 12.8. The van der Waals surface area contributed by atoms with Gasteiger partial charge in [0.2, 0.25) is 0 Å². The molecule has 1 aromatic rings. The number of fused-ring (bicyclic) bond motifs is 1. The summed E-state index contributed by atoms with van der Waals surface area (Å²) in [4.78, 5) is 2.58. The lowest BCUT2D eigenvalue weighted by Gasteiger charge is -2.42. The van der Waals surface area contributed by atoms with E-state index in [0.717, 1.165) is 13.2 Å².